The highest BCUT2D eigenvalue weighted by Gasteiger charge is 2.42. The second kappa shape index (κ2) is 3.37. The summed E-state index contributed by atoms with van der Waals surface area (Å²) in [5, 5.41) is 0. The minimum Gasteiger partial charge on any atom is -0.330 e. The van der Waals surface area contributed by atoms with E-state index in [-0.39, 0.29) is 5.41 Å². The maximum atomic E-state index is 5.88. The lowest BCUT2D eigenvalue weighted by Crippen LogP contribution is -2.33. The topological polar surface area (TPSA) is 26.0 Å². The molecule has 0 saturated heterocycles. The largest absolute Gasteiger partial charge is 0.330 e. The van der Waals surface area contributed by atoms with Crippen molar-refractivity contribution in [2.45, 2.75) is 25.2 Å². The standard InChI is InChI=1S/C10H14BrNS/c1-10(6-12,7-2-3-7)8-4-5-9(11)13-8/h4-5,7H,2-3,6,12H2,1H3. The lowest BCUT2D eigenvalue weighted by Gasteiger charge is -2.26. The monoisotopic (exact) mass is 259 g/mol. The van der Waals surface area contributed by atoms with Gasteiger partial charge in [-0.2, -0.15) is 0 Å². The van der Waals surface area contributed by atoms with Gasteiger partial charge in [0.1, 0.15) is 0 Å². The molecule has 2 rings (SSSR count). The summed E-state index contributed by atoms with van der Waals surface area (Å²) in [5.74, 6) is 0.822. The number of hydrogen-bond acceptors (Lipinski definition) is 2. The molecule has 72 valence electrons. The molecule has 1 aliphatic carbocycles. The van der Waals surface area contributed by atoms with E-state index in [1.807, 2.05) is 11.3 Å². The molecule has 0 bridgehead atoms. The molecular weight excluding hydrogens is 246 g/mol. The van der Waals surface area contributed by atoms with Gasteiger partial charge in [-0.05, 0) is 46.8 Å². The van der Waals surface area contributed by atoms with Gasteiger partial charge in [0.05, 0.1) is 3.79 Å². The average Bonchev–Trinajstić information content (AvgIpc) is 2.89. The minimum absolute atomic E-state index is 0.233. The van der Waals surface area contributed by atoms with Crippen molar-refractivity contribution in [2.75, 3.05) is 6.54 Å². The van der Waals surface area contributed by atoms with E-state index in [1.165, 1.54) is 21.5 Å². The number of rotatable bonds is 3. The van der Waals surface area contributed by atoms with Crippen LogP contribution in [0.15, 0.2) is 15.9 Å². The molecule has 1 aromatic rings. The first-order valence-electron chi connectivity index (χ1n) is 4.62. The SMILES string of the molecule is CC(CN)(c1ccc(Br)s1)C1CC1. The van der Waals surface area contributed by atoms with Crippen LogP contribution in [0.2, 0.25) is 0 Å². The molecule has 0 radical (unpaired) electrons. The van der Waals surface area contributed by atoms with Crippen molar-refractivity contribution in [3.8, 4) is 0 Å². The second-order valence-electron chi connectivity index (χ2n) is 4.00. The van der Waals surface area contributed by atoms with Crippen LogP contribution in [-0.4, -0.2) is 6.54 Å². The zero-order chi connectivity index (χ0) is 9.47. The summed E-state index contributed by atoms with van der Waals surface area (Å²) in [5.41, 5.74) is 6.11. The predicted molar refractivity (Wildman–Crippen MR) is 61.1 cm³/mol. The Kier molecular flexibility index (Phi) is 2.51. The van der Waals surface area contributed by atoms with E-state index in [2.05, 4.69) is 35.0 Å². The van der Waals surface area contributed by atoms with Crippen LogP contribution >= 0.6 is 27.3 Å². The van der Waals surface area contributed by atoms with Crippen molar-refractivity contribution in [2.24, 2.45) is 11.7 Å². The summed E-state index contributed by atoms with van der Waals surface area (Å²) in [6, 6.07) is 4.33. The van der Waals surface area contributed by atoms with E-state index >= 15 is 0 Å². The van der Waals surface area contributed by atoms with E-state index in [1.54, 1.807) is 0 Å². The summed E-state index contributed by atoms with van der Waals surface area (Å²) in [6.45, 7) is 3.06. The van der Waals surface area contributed by atoms with Gasteiger partial charge in [-0.1, -0.05) is 6.92 Å². The normalized spacial score (nSPS) is 21.5. The molecule has 0 spiro atoms. The molecule has 0 amide bonds. The fourth-order valence-corrected chi connectivity index (χ4v) is 3.43. The summed E-state index contributed by atoms with van der Waals surface area (Å²) in [6.07, 6.45) is 2.70. The van der Waals surface area contributed by atoms with Gasteiger partial charge in [-0.3, -0.25) is 0 Å². The highest BCUT2D eigenvalue weighted by atomic mass is 79.9. The molecular formula is C10H14BrNS. The quantitative estimate of drug-likeness (QED) is 0.887. The molecule has 1 atom stereocenters. The lowest BCUT2D eigenvalue weighted by atomic mass is 9.83. The molecule has 1 saturated carbocycles. The highest BCUT2D eigenvalue weighted by molar-refractivity contribution is 9.11. The van der Waals surface area contributed by atoms with Crippen molar-refractivity contribution in [3.63, 3.8) is 0 Å². The first kappa shape index (κ1) is 9.69. The van der Waals surface area contributed by atoms with Crippen molar-refractivity contribution < 1.29 is 0 Å². The van der Waals surface area contributed by atoms with Crippen LogP contribution in [0.3, 0.4) is 0 Å². The van der Waals surface area contributed by atoms with Crippen LogP contribution in [0.25, 0.3) is 0 Å². The van der Waals surface area contributed by atoms with Crippen LogP contribution < -0.4 is 5.73 Å². The molecule has 1 unspecified atom stereocenters. The van der Waals surface area contributed by atoms with E-state index in [0.717, 1.165) is 12.5 Å². The summed E-state index contributed by atoms with van der Waals surface area (Å²) in [4.78, 5) is 1.43. The molecule has 13 heavy (non-hydrogen) atoms. The Balaban J connectivity index is 2.29. The van der Waals surface area contributed by atoms with Crippen molar-refractivity contribution in [1.29, 1.82) is 0 Å². The van der Waals surface area contributed by atoms with E-state index in [0.29, 0.717) is 0 Å². The Morgan fingerprint density at radius 3 is 2.69 bits per heavy atom. The minimum atomic E-state index is 0.233. The maximum Gasteiger partial charge on any atom is 0.0701 e. The van der Waals surface area contributed by atoms with Crippen LogP contribution in [0.5, 0.6) is 0 Å². The third-order valence-electron chi connectivity index (χ3n) is 3.04. The van der Waals surface area contributed by atoms with Gasteiger partial charge in [-0.15, -0.1) is 11.3 Å². The number of halogens is 1. The Morgan fingerprint density at radius 1 is 1.62 bits per heavy atom. The highest BCUT2D eigenvalue weighted by Crippen LogP contribution is 2.48. The Bertz CT molecular complexity index is 306. The molecule has 2 N–H and O–H groups in total. The van der Waals surface area contributed by atoms with Gasteiger partial charge in [0.2, 0.25) is 0 Å². The lowest BCUT2D eigenvalue weighted by molar-refractivity contribution is 0.429. The molecule has 1 aromatic heterocycles. The van der Waals surface area contributed by atoms with Crippen LogP contribution in [0, 0.1) is 5.92 Å². The van der Waals surface area contributed by atoms with Gasteiger partial charge < -0.3 is 5.73 Å². The van der Waals surface area contributed by atoms with Crippen LogP contribution in [0.1, 0.15) is 24.6 Å². The van der Waals surface area contributed by atoms with E-state index in [4.69, 9.17) is 5.73 Å². The Morgan fingerprint density at radius 2 is 2.31 bits per heavy atom. The third-order valence-corrected chi connectivity index (χ3v) is 4.94. The Labute approximate surface area is 91.5 Å². The summed E-state index contributed by atoms with van der Waals surface area (Å²) >= 11 is 5.33. The predicted octanol–water partition coefficient (Wildman–Crippen LogP) is 3.14. The zero-order valence-corrected chi connectivity index (χ0v) is 10.1. The van der Waals surface area contributed by atoms with E-state index < -0.39 is 0 Å². The van der Waals surface area contributed by atoms with Crippen LogP contribution in [0.4, 0.5) is 0 Å². The second-order valence-corrected chi connectivity index (χ2v) is 6.46. The van der Waals surface area contributed by atoms with E-state index in [9.17, 15) is 0 Å². The van der Waals surface area contributed by atoms with Gasteiger partial charge in [-0.25, -0.2) is 0 Å². The molecule has 3 heteroatoms. The van der Waals surface area contributed by atoms with Gasteiger partial charge in [0.25, 0.3) is 0 Å². The summed E-state index contributed by atoms with van der Waals surface area (Å²) in [7, 11) is 0. The van der Waals surface area contributed by atoms with Gasteiger partial charge in [0, 0.05) is 16.8 Å². The first-order valence-corrected chi connectivity index (χ1v) is 6.23. The van der Waals surface area contributed by atoms with Crippen molar-refractivity contribution in [1.82, 2.24) is 0 Å². The van der Waals surface area contributed by atoms with Gasteiger partial charge >= 0.3 is 0 Å². The maximum absolute atomic E-state index is 5.88. The van der Waals surface area contributed by atoms with Crippen molar-refractivity contribution in [3.05, 3.63) is 20.8 Å². The third kappa shape index (κ3) is 1.69. The fourth-order valence-electron chi connectivity index (χ4n) is 1.81. The smallest absolute Gasteiger partial charge is 0.0701 e. The molecule has 0 aromatic carbocycles. The summed E-state index contributed by atoms with van der Waals surface area (Å²) < 4.78 is 1.21. The molecule has 0 aliphatic heterocycles. The van der Waals surface area contributed by atoms with Crippen LogP contribution in [-0.2, 0) is 5.41 Å². The van der Waals surface area contributed by atoms with Crippen molar-refractivity contribution >= 4 is 27.3 Å². The zero-order valence-electron chi connectivity index (χ0n) is 7.72. The molecule has 1 nitrogen and oxygen atoms in total. The molecule has 1 aliphatic rings. The number of thiophene rings is 1. The number of hydrogen-bond donors (Lipinski definition) is 1. The molecule has 1 fully saturated rings. The Hall–Kier alpha value is 0.140. The van der Waals surface area contributed by atoms with Gasteiger partial charge in [0.15, 0.2) is 0 Å². The average molecular weight is 260 g/mol. The number of nitrogens with two attached hydrogens (primary N) is 1. The first-order chi connectivity index (χ1) is 6.16. The fraction of sp³-hybridized carbons (Fsp3) is 0.600. The molecule has 1 heterocycles.